The lowest BCUT2D eigenvalue weighted by Crippen LogP contribution is -2.09. The Balaban J connectivity index is 0.00000210. The van der Waals surface area contributed by atoms with E-state index in [0.717, 1.165) is 18.4 Å². The molecule has 1 N–H and O–H groups in total. The Morgan fingerprint density at radius 3 is 2.81 bits per heavy atom. The third-order valence-electron chi connectivity index (χ3n) is 4.46. The molecule has 6 nitrogen and oxygen atoms in total. The molecule has 0 radical (unpaired) electrons. The van der Waals surface area contributed by atoms with Gasteiger partial charge in [0.2, 0.25) is 0 Å². The smallest absolute Gasteiger partial charge is 0.320 e. The Bertz CT molecular complexity index is 964. The lowest BCUT2D eigenvalue weighted by atomic mass is 10.1. The molecule has 9 heteroatoms. The summed E-state index contributed by atoms with van der Waals surface area (Å²) in [6.45, 7) is 2.54. The third-order valence-corrected chi connectivity index (χ3v) is 4.46. The van der Waals surface area contributed by atoms with Crippen molar-refractivity contribution in [2.24, 2.45) is 7.05 Å². The largest absolute Gasteiger partial charge is 0.463 e. The quantitative estimate of drug-likeness (QED) is 0.687. The Kier molecular flexibility index (Phi) is 5.46. The molecule has 1 aromatic carbocycles. The number of anilines is 1. The summed E-state index contributed by atoms with van der Waals surface area (Å²) in [6.07, 6.45) is 3.35. The summed E-state index contributed by atoms with van der Waals surface area (Å²) in [5.41, 5.74) is 2.11. The van der Waals surface area contributed by atoms with Crippen molar-refractivity contribution in [3.63, 3.8) is 0 Å². The van der Waals surface area contributed by atoms with Gasteiger partial charge in [-0.15, -0.1) is 12.4 Å². The number of fused-ring (bicyclic) bond motifs is 1. The summed E-state index contributed by atoms with van der Waals surface area (Å²) in [7, 11) is 1.86. The van der Waals surface area contributed by atoms with Crippen LogP contribution in [0.5, 0.6) is 6.01 Å². The van der Waals surface area contributed by atoms with Gasteiger partial charge in [0.25, 0.3) is 0 Å². The number of halogens is 3. The van der Waals surface area contributed by atoms with Crippen molar-refractivity contribution in [3.05, 3.63) is 41.7 Å². The molecule has 0 saturated heterocycles. The molecule has 1 saturated carbocycles. The van der Waals surface area contributed by atoms with E-state index in [-0.39, 0.29) is 24.4 Å². The number of hydrogen-bond acceptors (Lipinski definition) is 5. The van der Waals surface area contributed by atoms with Crippen LogP contribution in [0.3, 0.4) is 0 Å². The van der Waals surface area contributed by atoms with Crippen LogP contribution in [0.25, 0.3) is 11.2 Å². The Labute approximate surface area is 161 Å². The van der Waals surface area contributed by atoms with Crippen LogP contribution in [0.2, 0.25) is 0 Å². The SMILES string of the molecule is CCCOc1nc(NC2CC2c2ccc(F)c(F)c2)c2ncn(C)c2n1.Cl. The zero-order chi connectivity index (χ0) is 18.3. The number of nitrogens with zero attached hydrogens (tertiary/aromatic N) is 4. The van der Waals surface area contributed by atoms with Gasteiger partial charge in [-0.05, 0) is 30.5 Å². The lowest BCUT2D eigenvalue weighted by molar-refractivity contribution is 0.293. The van der Waals surface area contributed by atoms with Crippen LogP contribution in [-0.2, 0) is 7.05 Å². The first kappa shape index (κ1) is 19.3. The highest BCUT2D eigenvalue weighted by Crippen LogP contribution is 2.43. The highest BCUT2D eigenvalue weighted by atomic mass is 35.5. The first-order chi connectivity index (χ1) is 12.6. The first-order valence-electron chi connectivity index (χ1n) is 8.60. The molecule has 2 atom stereocenters. The molecule has 27 heavy (non-hydrogen) atoms. The van der Waals surface area contributed by atoms with Crippen molar-refractivity contribution in [2.45, 2.75) is 31.7 Å². The molecular formula is C18H20ClF2N5O. The minimum atomic E-state index is -0.831. The Hall–Kier alpha value is -2.48. The van der Waals surface area contributed by atoms with E-state index in [9.17, 15) is 8.78 Å². The maximum absolute atomic E-state index is 13.5. The molecular weight excluding hydrogens is 376 g/mol. The second-order valence-electron chi connectivity index (χ2n) is 6.50. The van der Waals surface area contributed by atoms with Gasteiger partial charge >= 0.3 is 6.01 Å². The molecule has 0 aliphatic heterocycles. The van der Waals surface area contributed by atoms with E-state index in [0.29, 0.717) is 29.6 Å². The number of imidazole rings is 1. The van der Waals surface area contributed by atoms with Gasteiger partial charge in [-0.2, -0.15) is 9.97 Å². The van der Waals surface area contributed by atoms with E-state index in [1.807, 2.05) is 14.0 Å². The molecule has 1 aliphatic rings. The fraction of sp³-hybridized carbons (Fsp3) is 0.389. The van der Waals surface area contributed by atoms with Gasteiger partial charge in [-0.25, -0.2) is 13.8 Å². The fourth-order valence-electron chi connectivity index (χ4n) is 2.99. The minimum Gasteiger partial charge on any atom is -0.463 e. The third kappa shape index (κ3) is 3.80. The summed E-state index contributed by atoms with van der Waals surface area (Å²) >= 11 is 0. The van der Waals surface area contributed by atoms with Gasteiger partial charge in [0.05, 0.1) is 12.9 Å². The molecule has 2 heterocycles. The van der Waals surface area contributed by atoms with Crippen molar-refractivity contribution < 1.29 is 13.5 Å². The molecule has 2 aromatic heterocycles. The molecule has 3 aromatic rings. The van der Waals surface area contributed by atoms with Gasteiger partial charge in [0.1, 0.15) is 0 Å². The summed E-state index contributed by atoms with van der Waals surface area (Å²) < 4.78 is 34.0. The molecule has 1 aliphatic carbocycles. The maximum atomic E-state index is 13.5. The molecule has 0 spiro atoms. The molecule has 144 valence electrons. The summed E-state index contributed by atoms with van der Waals surface area (Å²) in [4.78, 5) is 13.2. The Morgan fingerprint density at radius 1 is 1.26 bits per heavy atom. The highest BCUT2D eigenvalue weighted by molar-refractivity contribution is 5.85. The lowest BCUT2D eigenvalue weighted by Gasteiger charge is -2.09. The minimum absolute atomic E-state index is 0. The predicted octanol–water partition coefficient (Wildman–Crippen LogP) is 3.82. The van der Waals surface area contributed by atoms with Gasteiger partial charge in [-0.1, -0.05) is 13.0 Å². The predicted molar refractivity (Wildman–Crippen MR) is 100 cm³/mol. The second kappa shape index (κ2) is 7.64. The van der Waals surface area contributed by atoms with E-state index in [2.05, 4.69) is 20.3 Å². The van der Waals surface area contributed by atoms with Crippen LogP contribution < -0.4 is 10.1 Å². The van der Waals surface area contributed by atoms with E-state index < -0.39 is 11.6 Å². The average Bonchev–Trinajstić information content (AvgIpc) is 3.29. The Morgan fingerprint density at radius 2 is 2.07 bits per heavy atom. The van der Waals surface area contributed by atoms with Crippen molar-refractivity contribution in [1.29, 1.82) is 0 Å². The number of aromatic nitrogens is 4. The van der Waals surface area contributed by atoms with Crippen LogP contribution in [-0.4, -0.2) is 32.2 Å². The molecule has 0 amide bonds. The zero-order valence-corrected chi connectivity index (χ0v) is 15.8. The number of ether oxygens (including phenoxy) is 1. The molecule has 4 rings (SSSR count). The van der Waals surface area contributed by atoms with Gasteiger partial charge in [0, 0.05) is 19.0 Å². The van der Waals surface area contributed by atoms with Gasteiger partial charge < -0.3 is 14.6 Å². The van der Waals surface area contributed by atoms with Crippen molar-refractivity contribution in [1.82, 2.24) is 19.5 Å². The summed E-state index contributed by atoms with van der Waals surface area (Å²) in [5.74, 6) is -0.948. The fourth-order valence-corrected chi connectivity index (χ4v) is 2.99. The van der Waals surface area contributed by atoms with Gasteiger partial charge in [-0.3, -0.25) is 0 Å². The topological polar surface area (TPSA) is 64.9 Å². The van der Waals surface area contributed by atoms with Crippen molar-refractivity contribution in [2.75, 3.05) is 11.9 Å². The van der Waals surface area contributed by atoms with E-state index in [1.165, 1.54) is 12.1 Å². The standard InChI is InChI=1S/C18H19F2N5O.ClH/c1-3-6-26-18-23-16(15-17(24-18)25(2)9-21-15)22-14-8-11(14)10-4-5-12(19)13(20)7-10;/h4-5,7,9,11,14H,3,6,8H2,1-2H3,(H,22,23,24);1H. The number of hydrogen-bond donors (Lipinski definition) is 1. The number of rotatable bonds is 6. The molecule has 2 unspecified atom stereocenters. The molecule has 0 bridgehead atoms. The second-order valence-corrected chi connectivity index (χ2v) is 6.50. The monoisotopic (exact) mass is 395 g/mol. The normalized spacial score (nSPS) is 18.2. The van der Waals surface area contributed by atoms with Crippen molar-refractivity contribution >= 4 is 29.4 Å². The zero-order valence-electron chi connectivity index (χ0n) is 14.9. The van der Waals surface area contributed by atoms with E-state index in [4.69, 9.17) is 4.74 Å². The average molecular weight is 396 g/mol. The van der Waals surface area contributed by atoms with Crippen LogP contribution in [0, 0.1) is 11.6 Å². The van der Waals surface area contributed by atoms with Crippen LogP contribution >= 0.6 is 12.4 Å². The molecule has 1 fully saturated rings. The van der Waals surface area contributed by atoms with Gasteiger partial charge in [0.15, 0.2) is 28.6 Å². The highest BCUT2D eigenvalue weighted by Gasteiger charge is 2.39. The maximum Gasteiger partial charge on any atom is 0.320 e. The van der Waals surface area contributed by atoms with Crippen LogP contribution in [0.1, 0.15) is 31.2 Å². The number of nitrogens with one attached hydrogen (secondary N) is 1. The first-order valence-corrected chi connectivity index (χ1v) is 8.60. The van der Waals surface area contributed by atoms with E-state index in [1.54, 1.807) is 17.0 Å². The summed E-state index contributed by atoms with van der Waals surface area (Å²) in [5, 5.41) is 3.35. The van der Waals surface area contributed by atoms with Crippen molar-refractivity contribution in [3.8, 4) is 6.01 Å². The van der Waals surface area contributed by atoms with E-state index >= 15 is 0 Å². The number of aryl methyl sites for hydroxylation is 1. The van der Waals surface area contributed by atoms with Crippen LogP contribution in [0.4, 0.5) is 14.6 Å². The number of benzene rings is 1. The van der Waals surface area contributed by atoms with Crippen LogP contribution in [0.15, 0.2) is 24.5 Å². The summed E-state index contributed by atoms with van der Waals surface area (Å²) in [6, 6.07) is 4.43.